The molecule has 0 spiro atoms. The SMILES string of the molecule is C=CCn1c(SCC(=O)N(C)CC(=O)Nc2ccccc2Cl)nnc1-c1ccccc1OC. The molecular weight excluding hydrogens is 462 g/mol. The van der Waals surface area contributed by atoms with Crippen LogP contribution in [0, 0.1) is 0 Å². The fourth-order valence-electron chi connectivity index (χ4n) is 3.01. The fourth-order valence-corrected chi connectivity index (χ4v) is 4.08. The van der Waals surface area contributed by atoms with Gasteiger partial charge in [-0.25, -0.2) is 0 Å². The highest BCUT2D eigenvalue weighted by Gasteiger charge is 2.19. The summed E-state index contributed by atoms with van der Waals surface area (Å²) in [5, 5.41) is 12.3. The zero-order valence-electron chi connectivity index (χ0n) is 18.3. The molecule has 3 aromatic rings. The first kappa shape index (κ1) is 24.3. The maximum atomic E-state index is 12.6. The average Bonchev–Trinajstić information content (AvgIpc) is 3.21. The van der Waals surface area contributed by atoms with Crippen molar-refractivity contribution in [1.29, 1.82) is 0 Å². The number of para-hydroxylation sites is 2. The second kappa shape index (κ2) is 11.5. The Morgan fingerprint density at radius 1 is 1.21 bits per heavy atom. The number of nitrogens with zero attached hydrogens (tertiary/aromatic N) is 4. The Balaban J connectivity index is 1.64. The smallest absolute Gasteiger partial charge is 0.244 e. The normalized spacial score (nSPS) is 10.5. The first-order chi connectivity index (χ1) is 15.9. The van der Waals surface area contributed by atoms with Crippen LogP contribution in [0.4, 0.5) is 5.69 Å². The first-order valence-electron chi connectivity index (χ1n) is 10.0. The number of carbonyl (C=O) groups excluding carboxylic acids is 2. The topological polar surface area (TPSA) is 89.4 Å². The molecule has 10 heteroatoms. The monoisotopic (exact) mass is 485 g/mol. The van der Waals surface area contributed by atoms with E-state index in [2.05, 4.69) is 22.1 Å². The van der Waals surface area contributed by atoms with E-state index in [1.807, 2.05) is 28.8 Å². The van der Waals surface area contributed by atoms with E-state index in [9.17, 15) is 9.59 Å². The maximum absolute atomic E-state index is 12.6. The van der Waals surface area contributed by atoms with E-state index in [4.69, 9.17) is 16.3 Å². The Labute approximate surface area is 201 Å². The van der Waals surface area contributed by atoms with Crippen molar-refractivity contribution >= 4 is 40.9 Å². The van der Waals surface area contributed by atoms with Crippen LogP contribution in [0.15, 0.2) is 66.3 Å². The number of halogens is 1. The van der Waals surface area contributed by atoms with Crippen molar-refractivity contribution in [2.45, 2.75) is 11.7 Å². The van der Waals surface area contributed by atoms with Gasteiger partial charge in [0.1, 0.15) is 5.75 Å². The highest BCUT2D eigenvalue weighted by atomic mass is 35.5. The van der Waals surface area contributed by atoms with Crippen molar-refractivity contribution in [3.05, 3.63) is 66.2 Å². The van der Waals surface area contributed by atoms with Gasteiger partial charge in [-0.05, 0) is 24.3 Å². The summed E-state index contributed by atoms with van der Waals surface area (Å²) in [4.78, 5) is 26.3. The molecule has 1 heterocycles. The molecule has 0 aliphatic carbocycles. The lowest BCUT2D eigenvalue weighted by Gasteiger charge is -2.17. The van der Waals surface area contributed by atoms with E-state index < -0.39 is 0 Å². The Morgan fingerprint density at radius 2 is 1.94 bits per heavy atom. The summed E-state index contributed by atoms with van der Waals surface area (Å²) in [7, 11) is 3.17. The van der Waals surface area contributed by atoms with Crippen molar-refractivity contribution in [1.82, 2.24) is 19.7 Å². The zero-order valence-corrected chi connectivity index (χ0v) is 19.9. The molecule has 1 N–H and O–H groups in total. The third-order valence-electron chi connectivity index (χ3n) is 4.66. The molecule has 1 aromatic heterocycles. The van der Waals surface area contributed by atoms with Gasteiger partial charge in [-0.15, -0.1) is 16.8 Å². The van der Waals surface area contributed by atoms with Gasteiger partial charge in [0.05, 0.1) is 35.7 Å². The van der Waals surface area contributed by atoms with E-state index in [1.54, 1.807) is 44.5 Å². The third kappa shape index (κ3) is 6.15. The van der Waals surface area contributed by atoms with Gasteiger partial charge < -0.3 is 15.0 Å². The minimum Gasteiger partial charge on any atom is -0.496 e. The number of methoxy groups -OCH3 is 1. The molecule has 33 heavy (non-hydrogen) atoms. The van der Waals surface area contributed by atoms with Crippen molar-refractivity contribution in [3.8, 4) is 17.1 Å². The minimum absolute atomic E-state index is 0.0943. The molecule has 0 aliphatic rings. The molecule has 8 nitrogen and oxygen atoms in total. The predicted octanol–water partition coefficient (Wildman–Crippen LogP) is 3.98. The lowest BCUT2D eigenvalue weighted by atomic mass is 10.2. The lowest BCUT2D eigenvalue weighted by Crippen LogP contribution is -2.36. The quantitative estimate of drug-likeness (QED) is 0.345. The Kier molecular flexibility index (Phi) is 8.51. The maximum Gasteiger partial charge on any atom is 0.244 e. The van der Waals surface area contributed by atoms with Gasteiger partial charge in [0, 0.05) is 13.6 Å². The van der Waals surface area contributed by atoms with E-state index in [0.29, 0.717) is 34.0 Å². The molecule has 2 amide bonds. The number of benzene rings is 2. The Hall–Kier alpha value is -3.30. The van der Waals surface area contributed by atoms with Crippen LogP contribution in [-0.2, 0) is 16.1 Å². The second-order valence-corrected chi connectivity index (χ2v) is 8.32. The van der Waals surface area contributed by atoms with Crippen LogP contribution in [0.25, 0.3) is 11.4 Å². The number of aromatic nitrogens is 3. The van der Waals surface area contributed by atoms with E-state index in [-0.39, 0.29) is 24.1 Å². The number of thioether (sulfide) groups is 1. The molecule has 3 rings (SSSR count). The molecule has 0 fully saturated rings. The van der Waals surface area contributed by atoms with Gasteiger partial charge in [-0.2, -0.15) is 0 Å². The number of carbonyl (C=O) groups is 2. The fraction of sp³-hybridized carbons (Fsp3) is 0.217. The number of ether oxygens (including phenoxy) is 1. The lowest BCUT2D eigenvalue weighted by molar-refractivity contribution is -0.131. The number of rotatable bonds is 10. The van der Waals surface area contributed by atoms with Crippen LogP contribution < -0.4 is 10.1 Å². The van der Waals surface area contributed by atoms with Crippen LogP contribution in [0.5, 0.6) is 5.75 Å². The minimum atomic E-state index is -0.336. The van der Waals surface area contributed by atoms with Gasteiger partial charge in [0.2, 0.25) is 11.8 Å². The van der Waals surface area contributed by atoms with Crippen molar-refractivity contribution in [3.63, 3.8) is 0 Å². The van der Waals surface area contributed by atoms with E-state index in [1.165, 1.54) is 16.7 Å². The van der Waals surface area contributed by atoms with Gasteiger partial charge in [-0.3, -0.25) is 14.2 Å². The average molecular weight is 486 g/mol. The zero-order chi connectivity index (χ0) is 23.8. The molecule has 2 aromatic carbocycles. The van der Waals surface area contributed by atoms with E-state index >= 15 is 0 Å². The molecule has 0 saturated heterocycles. The van der Waals surface area contributed by atoms with Gasteiger partial charge in [-0.1, -0.05) is 53.7 Å². The van der Waals surface area contributed by atoms with Crippen LogP contribution in [0.1, 0.15) is 0 Å². The van der Waals surface area contributed by atoms with Crippen molar-refractivity contribution < 1.29 is 14.3 Å². The number of nitrogens with one attached hydrogen (secondary N) is 1. The van der Waals surface area contributed by atoms with Crippen LogP contribution >= 0.6 is 23.4 Å². The van der Waals surface area contributed by atoms with Gasteiger partial charge in [0.15, 0.2) is 11.0 Å². The number of allylic oxidation sites excluding steroid dienone is 1. The number of likely N-dealkylation sites (N-methyl/N-ethyl adjacent to an activating group) is 1. The Morgan fingerprint density at radius 3 is 2.67 bits per heavy atom. The number of hydrogen-bond acceptors (Lipinski definition) is 6. The highest BCUT2D eigenvalue weighted by molar-refractivity contribution is 7.99. The predicted molar refractivity (Wildman–Crippen MR) is 131 cm³/mol. The molecule has 0 bridgehead atoms. The summed E-state index contributed by atoms with van der Waals surface area (Å²) in [6.07, 6.45) is 1.74. The molecule has 0 radical (unpaired) electrons. The largest absolute Gasteiger partial charge is 0.496 e. The summed E-state index contributed by atoms with van der Waals surface area (Å²) >= 11 is 7.30. The molecule has 0 aliphatic heterocycles. The molecule has 0 saturated carbocycles. The molecule has 0 unspecified atom stereocenters. The summed E-state index contributed by atoms with van der Waals surface area (Å²) in [5.41, 5.74) is 1.29. The van der Waals surface area contributed by atoms with Crippen LogP contribution in [0.2, 0.25) is 5.02 Å². The van der Waals surface area contributed by atoms with Gasteiger partial charge >= 0.3 is 0 Å². The molecule has 0 atom stereocenters. The second-order valence-electron chi connectivity index (χ2n) is 6.97. The van der Waals surface area contributed by atoms with Gasteiger partial charge in [0.25, 0.3) is 0 Å². The standard InChI is InChI=1S/C23H24ClN5O3S/c1-4-13-29-22(16-9-5-8-12-19(16)32-3)26-27-23(29)33-15-21(31)28(2)14-20(30)25-18-11-7-6-10-17(18)24/h4-12H,1,13-15H2,2-3H3,(H,25,30). The number of anilines is 1. The summed E-state index contributed by atoms with van der Waals surface area (Å²) in [6.45, 7) is 4.17. The first-order valence-corrected chi connectivity index (χ1v) is 11.4. The van der Waals surface area contributed by atoms with E-state index in [0.717, 1.165) is 5.56 Å². The van der Waals surface area contributed by atoms with Crippen molar-refractivity contribution in [2.75, 3.05) is 31.8 Å². The number of hydrogen-bond donors (Lipinski definition) is 1. The van der Waals surface area contributed by atoms with Crippen LogP contribution in [0.3, 0.4) is 0 Å². The third-order valence-corrected chi connectivity index (χ3v) is 5.94. The van der Waals surface area contributed by atoms with Crippen LogP contribution in [-0.4, -0.2) is 57.9 Å². The Bertz CT molecular complexity index is 1150. The van der Waals surface area contributed by atoms with Crippen molar-refractivity contribution in [2.24, 2.45) is 0 Å². The molecular formula is C23H24ClN5O3S. The summed E-state index contributed by atoms with van der Waals surface area (Å²) < 4.78 is 7.31. The molecule has 172 valence electrons. The summed E-state index contributed by atoms with van der Waals surface area (Å²) in [5.74, 6) is 0.831. The highest BCUT2D eigenvalue weighted by Crippen LogP contribution is 2.31. The number of amides is 2. The summed E-state index contributed by atoms with van der Waals surface area (Å²) in [6, 6.07) is 14.4.